The maximum absolute atomic E-state index is 12.1. The number of benzene rings is 2. The largest absolute Gasteiger partial charge is 0.291 e. The lowest BCUT2D eigenvalue weighted by Gasteiger charge is -2.05. The second kappa shape index (κ2) is 4.29. The summed E-state index contributed by atoms with van der Waals surface area (Å²) < 4.78 is 0. The van der Waals surface area contributed by atoms with E-state index >= 15 is 0 Å². The Balaban J connectivity index is 2.01. The van der Waals surface area contributed by atoms with Crippen LogP contribution >= 0.6 is 0 Å². The van der Waals surface area contributed by atoms with Crippen LogP contribution in [-0.4, -0.2) is 21.1 Å². The summed E-state index contributed by atoms with van der Waals surface area (Å²) in [5, 5.41) is 10.9. The number of nitrogens with zero attached hydrogens (tertiary/aromatic N) is 2. The second-order valence-electron chi connectivity index (χ2n) is 3.81. The van der Waals surface area contributed by atoms with Gasteiger partial charge in [-0.25, -0.2) is 5.10 Å². The van der Waals surface area contributed by atoms with Gasteiger partial charge in [-0.1, -0.05) is 36.4 Å². The lowest BCUT2D eigenvalue weighted by molar-refractivity contribution is 0.102. The smallest absolute Gasteiger partial charge is 0.258 e. The summed E-state index contributed by atoms with van der Waals surface area (Å²) in [7, 11) is 0. The molecular formula is C13H10N4O. The first-order valence-corrected chi connectivity index (χ1v) is 5.49. The summed E-state index contributed by atoms with van der Waals surface area (Å²) in [4.78, 5) is 16.0. The van der Waals surface area contributed by atoms with Gasteiger partial charge >= 0.3 is 0 Å². The number of hydrogen-bond acceptors (Lipinski definition) is 3. The summed E-state index contributed by atoms with van der Waals surface area (Å²) in [5.41, 5.74) is 0.615. The van der Waals surface area contributed by atoms with E-state index in [2.05, 4.69) is 20.5 Å². The topological polar surface area (TPSA) is 70.7 Å². The number of aromatic nitrogens is 3. The van der Waals surface area contributed by atoms with Gasteiger partial charge < -0.3 is 0 Å². The van der Waals surface area contributed by atoms with Gasteiger partial charge in [-0.15, -0.1) is 0 Å². The molecule has 2 N–H and O–H groups in total. The van der Waals surface area contributed by atoms with E-state index in [1.54, 1.807) is 6.07 Å². The van der Waals surface area contributed by atoms with Crippen molar-refractivity contribution in [3.8, 4) is 0 Å². The van der Waals surface area contributed by atoms with Crippen LogP contribution in [0.3, 0.4) is 0 Å². The van der Waals surface area contributed by atoms with Gasteiger partial charge in [0.1, 0.15) is 6.33 Å². The fourth-order valence-corrected chi connectivity index (χ4v) is 1.86. The highest BCUT2D eigenvalue weighted by Gasteiger charge is 2.10. The SMILES string of the molecule is O=C(Nc1ncn[nH]1)c1cccc2ccccc12. The van der Waals surface area contributed by atoms with E-state index in [1.807, 2.05) is 36.4 Å². The molecule has 0 radical (unpaired) electrons. The summed E-state index contributed by atoms with van der Waals surface area (Å²) in [6.45, 7) is 0. The van der Waals surface area contributed by atoms with Crippen molar-refractivity contribution in [2.45, 2.75) is 0 Å². The van der Waals surface area contributed by atoms with Crippen molar-refractivity contribution in [3.05, 3.63) is 54.4 Å². The average Bonchev–Trinajstić information content (AvgIpc) is 2.91. The van der Waals surface area contributed by atoms with Crippen LogP contribution in [0.1, 0.15) is 10.4 Å². The second-order valence-corrected chi connectivity index (χ2v) is 3.81. The molecule has 0 aliphatic rings. The number of fused-ring (bicyclic) bond motifs is 1. The van der Waals surface area contributed by atoms with Gasteiger partial charge in [-0.3, -0.25) is 10.1 Å². The Morgan fingerprint density at radius 2 is 1.94 bits per heavy atom. The van der Waals surface area contributed by atoms with Gasteiger partial charge in [0, 0.05) is 5.56 Å². The molecule has 0 unspecified atom stereocenters. The summed E-state index contributed by atoms with van der Waals surface area (Å²) in [5.74, 6) is 0.136. The molecule has 88 valence electrons. The van der Waals surface area contributed by atoms with Crippen LogP contribution in [0.15, 0.2) is 48.8 Å². The number of nitrogens with one attached hydrogen (secondary N) is 2. The van der Waals surface area contributed by atoms with Gasteiger partial charge in [-0.2, -0.15) is 10.1 Å². The number of carbonyl (C=O) groups is 1. The van der Waals surface area contributed by atoms with Crippen LogP contribution in [0, 0.1) is 0 Å². The Kier molecular flexibility index (Phi) is 2.49. The molecule has 1 heterocycles. The molecule has 3 aromatic rings. The third-order valence-electron chi connectivity index (χ3n) is 2.68. The highest BCUT2D eigenvalue weighted by atomic mass is 16.1. The van der Waals surface area contributed by atoms with E-state index < -0.39 is 0 Å². The number of amides is 1. The van der Waals surface area contributed by atoms with Gasteiger partial charge in [0.2, 0.25) is 5.95 Å². The molecule has 0 bridgehead atoms. The van der Waals surface area contributed by atoms with Crippen LogP contribution < -0.4 is 5.32 Å². The van der Waals surface area contributed by atoms with Gasteiger partial charge in [0.25, 0.3) is 5.91 Å². The van der Waals surface area contributed by atoms with Crippen molar-refractivity contribution in [2.75, 3.05) is 5.32 Å². The molecule has 5 nitrogen and oxygen atoms in total. The molecule has 5 heteroatoms. The molecule has 2 aromatic carbocycles. The minimum absolute atomic E-state index is 0.205. The molecule has 0 fully saturated rings. The molecule has 0 spiro atoms. The van der Waals surface area contributed by atoms with Gasteiger partial charge in [-0.05, 0) is 16.8 Å². The zero-order valence-corrected chi connectivity index (χ0v) is 9.42. The molecule has 0 atom stereocenters. The number of aromatic amines is 1. The highest BCUT2D eigenvalue weighted by molar-refractivity contribution is 6.12. The summed E-state index contributed by atoms with van der Waals surface area (Å²) >= 11 is 0. The first kappa shape index (κ1) is 10.5. The lowest BCUT2D eigenvalue weighted by Crippen LogP contribution is -2.13. The van der Waals surface area contributed by atoms with Crippen molar-refractivity contribution in [2.24, 2.45) is 0 Å². The molecule has 0 saturated carbocycles. The van der Waals surface area contributed by atoms with E-state index in [9.17, 15) is 4.79 Å². The monoisotopic (exact) mass is 238 g/mol. The Bertz CT molecular complexity index is 686. The highest BCUT2D eigenvalue weighted by Crippen LogP contribution is 2.19. The van der Waals surface area contributed by atoms with Gasteiger partial charge in [0.05, 0.1) is 0 Å². The maximum atomic E-state index is 12.1. The van der Waals surface area contributed by atoms with Crippen LogP contribution in [-0.2, 0) is 0 Å². The normalized spacial score (nSPS) is 10.4. The van der Waals surface area contributed by atoms with Gasteiger partial charge in [0.15, 0.2) is 0 Å². The summed E-state index contributed by atoms with van der Waals surface area (Å²) in [6, 6.07) is 13.4. The Morgan fingerprint density at radius 1 is 1.11 bits per heavy atom. The van der Waals surface area contributed by atoms with Crippen LogP contribution in [0.4, 0.5) is 5.95 Å². The zero-order chi connectivity index (χ0) is 12.4. The lowest BCUT2D eigenvalue weighted by atomic mass is 10.0. The van der Waals surface area contributed by atoms with E-state index in [0.717, 1.165) is 10.8 Å². The maximum Gasteiger partial charge on any atom is 0.258 e. The fourth-order valence-electron chi connectivity index (χ4n) is 1.86. The first-order valence-electron chi connectivity index (χ1n) is 5.49. The number of hydrogen-bond donors (Lipinski definition) is 2. The minimum Gasteiger partial charge on any atom is -0.291 e. The predicted octanol–water partition coefficient (Wildman–Crippen LogP) is 2.21. The molecule has 18 heavy (non-hydrogen) atoms. The molecule has 0 aliphatic heterocycles. The van der Waals surface area contributed by atoms with E-state index in [4.69, 9.17) is 0 Å². The quantitative estimate of drug-likeness (QED) is 0.719. The molecule has 1 aromatic heterocycles. The Morgan fingerprint density at radius 3 is 2.78 bits per heavy atom. The number of carbonyl (C=O) groups excluding carboxylic acids is 1. The van der Waals surface area contributed by atoms with Crippen molar-refractivity contribution >= 4 is 22.6 Å². The van der Waals surface area contributed by atoms with Crippen LogP contribution in [0.2, 0.25) is 0 Å². The Hall–Kier alpha value is -2.69. The average molecular weight is 238 g/mol. The van der Waals surface area contributed by atoms with Crippen molar-refractivity contribution in [1.82, 2.24) is 15.2 Å². The molecule has 3 rings (SSSR count). The fraction of sp³-hybridized carbons (Fsp3) is 0. The minimum atomic E-state index is -0.205. The van der Waals surface area contributed by atoms with E-state index in [0.29, 0.717) is 11.5 Å². The molecule has 1 amide bonds. The van der Waals surface area contributed by atoms with Crippen LogP contribution in [0.5, 0.6) is 0 Å². The first-order chi connectivity index (χ1) is 8.84. The molecular weight excluding hydrogens is 228 g/mol. The van der Waals surface area contributed by atoms with Crippen molar-refractivity contribution in [1.29, 1.82) is 0 Å². The summed E-state index contributed by atoms with van der Waals surface area (Å²) in [6.07, 6.45) is 1.35. The number of anilines is 1. The molecule has 0 saturated heterocycles. The van der Waals surface area contributed by atoms with Crippen molar-refractivity contribution < 1.29 is 4.79 Å². The van der Waals surface area contributed by atoms with E-state index in [1.165, 1.54) is 6.33 Å². The molecule has 0 aliphatic carbocycles. The standard InChI is InChI=1S/C13H10N4O/c18-12(16-13-14-8-15-17-13)11-7-3-5-9-4-1-2-6-10(9)11/h1-8H,(H2,14,15,16,17,18). The zero-order valence-electron chi connectivity index (χ0n) is 9.42. The third-order valence-corrected chi connectivity index (χ3v) is 2.68. The van der Waals surface area contributed by atoms with E-state index in [-0.39, 0.29) is 5.91 Å². The predicted molar refractivity (Wildman–Crippen MR) is 68.3 cm³/mol. The Labute approximate surface area is 103 Å². The van der Waals surface area contributed by atoms with Crippen molar-refractivity contribution in [3.63, 3.8) is 0 Å². The number of rotatable bonds is 2. The third kappa shape index (κ3) is 1.82. The van der Waals surface area contributed by atoms with Crippen LogP contribution in [0.25, 0.3) is 10.8 Å². The number of H-pyrrole nitrogens is 1.